The van der Waals surface area contributed by atoms with Crippen LogP contribution in [-0.4, -0.2) is 25.9 Å². The maximum atomic E-state index is 12.5. The van der Waals surface area contributed by atoms with Crippen LogP contribution in [0.1, 0.15) is 21.6 Å². The Morgan fingerprint density at radius 3 is 2.46 bits per heavy atom. The van der Waals surface area contributed by atoms with Gasteiger partial charge in [0.25, 0.3) is 11.5 Å². The zero-order valence-electron chi connectivity index (χ0n) is 14.2. The van der Waals surface area contributed by atoms with Gasteiger partial charge in [0.2, 0.25) is 0 Å². The number of nitrogens with zero attached hydrogens (tertiary/aromatic N) is 2. The van der Waals surface area contributed by atoms with Gasteiger partial charge in [-0.25, -0.2) is 0 Å². The summed E-state index contributed by atoms with van der Waals surface area (Å²) >= 11 is 0. The van der Waals surface area contributed by atoms with E-state index < -0.39 is 17.2 Å². The van der Waals surface area contributed by atoms with E-state index in [1.165, 1.54) is 6.07 Å². The molecule has 1 heterocycles. The molecule has 0 atom stereocenters. The van der Waals surface area contributed by atoms with Gasteiger partial charge >= 0.3 is 0 Å². The van der Waals surface area contributed by atoms with E-state index in [0.29, 0.717) is 5.69 Å². The van der Waals surface area contributed by atoms with Crippen LogP contribution in [0.25, 0.3) is 5.69 Å². The number of hydrogen-bond acceptors (Lipinski definition) is 5. The highest BCUT2D eigenvalue weighted by molar-refractivity contribution is 6.05. The molecule has 7 nitrogen and oxygen atoms in total. The molecule has 3 N–H and O–H groups in total. The lowest BCUT2D eigenvalue weighted by Crippen LogP contribution is -2.25. The number of anilines is 1. The summed E-state index contributed by atoms with van der Waals surface area (Å²) < 4.78 is 1.04. The SMILES string of the molecule is Cc1cccc(-n2nc(C(=O)Nc3cc(C)ccc3O)c(O)cc2=O)c1. The van der Waals surface area contributed by atoms with E-state index in [1.54, 1.807) is 30.3 Å². The fourth-order valence-electron chi connectivity index (χ4n) is 2.48. The van der Waals surface area contributed by atoms with Crippen molar-refractivity contribution < 1.29 is 15.0 Å². The fourth-order valence-corrected chi connectivity index (χ4v) is 2.48. The van der Waals surface area contributed by atoms with E-state index in [2.05, 4.69) is 10.4 Å². The third-order valence-electron chi connectivity index (χ3n) is 3.77. The lowest BCUT2D eigenvalue weighted by Gasteiger charge is -2.11. The van der Waals surface area contributed by atoms with E-state index in [1.807, 2.05) is 19.9 Å². The van der Waals surface area contributed by atoms with Gasteiger partial charge in [0.05, 0.1) is 11.4 Å². The average Bonchev–Trinajstić information content (AvgIpc) is 2.58. The smallest absolute Gasteiger partial charge is 0.280 e. The number of nitrogens with one attached hydrogen (secondary N) is 1. The van der Waals surface area contributed by atoms with E-state index >= 15 is 0 Å². The first-order valence-electron chi connectivity index (χ1n) is 7.86. The van der Waals surface area contributed by atoms with Gasteiger partial charge in [-0.2, -0.15) is 9.78 Å². The molecule has 0 aliphatic rings. The molecule has 7 heteroatoms. The van der Waals surface area contributed by atoms with Gasteiger partial charge in [0.1, 0.15) is 5.75 Å². The topological polar surface area (TPSA) is 104 Å². The maximum absolute atomic E-state index is 12.5. The third-order valence-corrected chi connectivity index (χ3v) is 3.77. The molecule has 26 heavy (non-hydrogen) atoms. The molecule has 3 rings (SSSR count). The van der Waals surface area contributed by atoms with Gasteiger partial charge < -0.3 is 15.5 Å². The largest absolute Gasteiger partial charge is 0.506 e. The number of hydrogen-bond donors (Lipinski definition) is 3. The van der Waals surface area contributed by atoms with Crippen molar-refractivity contribution >= 4 is 11.6 Å². The number of aryl methyl sites for hydroxylation is 2. The summed E-state index contributed by atoms with van der Waals surface area (Å²) in [7, 11) is 0. The number of carbonyl (C=O) groups excluding carboxylic acids is 1. The second kappa shape index (κ2) is 6.72. The Kier molecular flexibility index (Phi) is 4.45. The molecule has 0 bridgehead atoms. The summed E-state index contributed by atoms with van der Waals surface area (Å²) in [5.41, 5.74) is 1.52. The number of aromatic nitrogens is 2. The molecule has 0 saturated carbocycles. The van der Waals surface area contributed by atoms with Crippen molar-refractivity contribution in [2.24, 2.45) is 0 Å². The number of benzene rings is 2. The summed E-state index contributed by atoms with van der Waals surface area (Å²) in [5.74, 6) is -1.40. The number of phenols is 1. The Bertz CT molecular complexity index is 1060. The van der Waals surface area contributed by atoms with E-state index in [-0.39, 0.29) is 17.1 Å². The molecule has 0 radical (unpaired) electrons. The van der Waals surface area contributed by atoms with Crippen LogP contribution in [0.4, 0.5) is 5.69 Å². The number of phenolic OH excluding ortho intramolecular Hbond substituents is 1. The molecule has 1 aromatic heterocycles. The van der Waals surface area contributed by atoms with Crippen LogP contribution in [0.2, 0.25) is 0 Å². The Balaban J connectivity index is 2.02. The fraction of sp³-hybridized carbons (Fsp3) is 0.105. The monoisotopic (exact) mass is 351 g/mol. The van der Waals surface area contributed by atoms with Gasteiger partial charge in [-0.3, -0.25) is 9.59 Å². The van der Waals surface area contributed by atoms with Crippen molar-refractivity contribution in [3.05, 3.63) is 75.7 Å². The second-order valence-electron chi connectivity index (χ2n) is 5.94. The third kappa shape index (κ3) is 3.41. The lowest BCUT2D eigenvalue weighted by molar-refractivity contribution is 0.101. The maximum Gasteiger partial charge on any atom is 0.280 e. The van der Waals surface area contributed by atoms with E-state index in [0.717, 1.165) is 21.9 Å². The number of carbonyl (C=O) groups is 1. The molecule has 1 amide bonds. The summed E-state index contributed by atoms with van der Waals surface area (Å²) in [6.45, 7) is 3.67. The van der Waals surface area contributed by atoms with Crippen LogP contribution < -0.4 is 10.9 Å². The zero-order valence-corrected chi connectivity index (χ0v) is 14.2. The van der Waals surface area contributed by atoms with Crippen molar-refractivity contribution in [2.75, 3.05) is 5.32 Å². The highest BCUT2D eigenvalue weighted by Gasteiger charge is 2.18. The van der Waals surface area contributed by atoms with Crippen molar-refractivity contribution in [1.82, 2.24) is 9.78 Å². The van der Waals surface area contributed by atoms with Crippen molar-refractivity contribution in [2.45, 2.75) is 13.8 Å². The first-order valence-corrected chi connectivity index (χ1v) is 7.86. The summed E-state index contributed by atoms with van der Waals surface area (Å²) in [4.78, 5) is 24.7. The zero-order chi connectivity index (χ0) is 18.8. The van der Waals surface area contributed by atoms with E-state index in [4.69, 9.17) is 0 Å². The molecular weight excluding hydrogens is 334 g/mol. The normalized spacial score (nSPS) is 10.5. The minimum Gasteiger partial charge on any atom is -0.506 e. The molecule has 3 aromatic rings. The second-order valence-corrected chi connectivity index (χ2v) is 5.94. The van der Waals surface area contributed by atoms with Crippen LogP contribution in [0.15, 0.2) is 53.3 Å². The number of rotatable bonds is 3. The Morgan fingerprint density at radius 2 is 1.73 bits per heavy atom. The summed E-state index contributed by atoms with van der Waals surface area (Å²) in [6, 6.07) is 12.7. The minimum absolute atomic E-state index is 0.115. The van der Waals surface area contributed by atoms with Gasteiger partial charge in [-0.15, -0.1) is 0 Å². The molecule has 0 saturated heterocycles. The Morgan fingerprint density at radius 1 is 1.00 bits per heavy atom. The molecule has 0 spiro atoms. The van der Waals surface area contributed by atoms with E-state index in [9.17, 15) is 19.8 Å². The lowest BCUT2D eigenvalue weighted by atomic mass is 10.2. The predicted octanol–water partition coefficient (Wildman–Crippen LogP) is 2.51. The van der Waals surface area contributed by atoms with Crippen LogP contribution in [0, 0.1) is 13.8 Å². The summed E-state index contributed by atoms with van der Waals surface area (Å²) in [6.07, 6.45) is 0. The first-order chi connectivity index (χ1) is 12.3. The van der Waals surface area contributed by atoms with Crippen LogP contribution in [0.3, 0.4) is 0 Å². The Labute approximate surface area is 149 Å². The predicted molar refractivity (Wildman–Crippen MR) is 97.0 cm³/mol. The molecule has 132 valence electrons. The van der Waals surface area contributed by atoms with Crippen LogP contribution in [0.5, 0.6) is 11.5 Å². The average molecular weight is 351 g/mol. The number of aromatic hydroxyl groups is 2. The molecule has 0 aliphatic carbocycles. The van der Waals surface area contributed by atoms with Gasteiger partial charge in [-0.05, 0) is 49.2 Å². The molecule has 2 aromatic carbocycles. The van der Waals surface area contributed by atoms with Gasteiger partial charge in [0, 0.05) is 6.07 Å². The van der Waals surface area contributed by atoms with Gasteiger partial charge in [-0.1, -0.05) is 18.2 Å². The highest BCUT2D eigenvalue weighted by Crippen LogP contribution is 2.25. The van der Waals surface area contributed by atoms with Gasteiger partial charge in [0.15, 0.2) is 11.4 Å². The minimum atomic E-state index is -0.746. The van der Waals surface area contributed by atoms with Crippen LogP contribution >= 0.6 is 0 Å². The standard InChI is InChI=1S/C19H17N3O4/c1-11-4-3-5-13(8-11)22-17(25)10-16(24)18(21-22)19(26)20-14-9-12(2)6-7-15(14)23/h3-10,23-24H,1-2H3,(H,20,26). The van der Waals surface area contributed by atoms with Crippen molar-refractivity contribution in [3.8, 4) is 17.2 Å². The summed E-state index contributed by atoms with van der Waals surface area (Å²) in [5, 5.41) is 26.3. The van der Waals surface area contributed by atoms with Crippen molar-refractivity contribution in [1.29, 1.82) is 0 Å². The molecule has 0 unspecified atom stereocenters. The first kappa shape index (κ1) is 17.2. The Hall–Kier alpha value is -3.61. The highest BCUT2D eigenvalue weighted by atomic mass is 16.3. The number of amides is 1. The molecular formula is C19H17N3O4. The molecule has 0 aliphatic heterocycles. The molecule has 0 fully saturated rings. The van der Waals surface area contributed by atoms with Crippen molar-refractivity contribution in [3.63, 3.8) is 0 Å². The quantitative estimate of drug-likeness (QED) is 0.629. The van der Waals surface area contributed by atoms with Crippen LogP contribution in [-0.2, 0) is 0 Å².